The first kappa shape index (κ1) is 19.2. The molecular formula is C25H21NO5. The Labute approximate surface area is 179 Å². The van der Waals surface area contributed by atoms with Gasteiger partial charge < -0.3 is 19.9 Å². The van der Waals surface area contributed by atoms with Crippen LogP contribution in [0.2, 0.25) is 0 Å². The fraction of sp³-hybridized carbons (Fsp3) is 0.200. The molecule has 0 fully saturated rings. The van der Waals surface area contributed by atoms with Crippen LogP contribution in [0.25, 0.3) is 11.1 Å². The summed E-state index contributed by atoms with van der Waals surface area (Å²) in [4.78, 5) is 24.5. The molecule has 1 heterocycles. The number of carbonyl (C=O) groups excluding carboxylic acids is 1. The van der Waals surface area contributed by atoms with Crippen LogP contribution in [0.3, 0.4) is 0 Å². The van der Waals surface area contributed by atoms with Gasteiger partial charge >= 0.3 is 12.1 Å². The van der Waals surface area contributed by atoms with Crippen molar-refractivity contribution in [2.75, 3.05) is 13.2 Å². The minimum atomic E-state index is -1.25. The molecule has 1 unspecified atom stereocenters. The van der Waals surface area contributed by atoms with Crippen LogP contribution < -0.4 is 10.1 Å². The standard InChI is InChI=1S/C25H21NO5/c27-24(28)22(20-11-5-6-15-12-13-30-23(15)20)26-25(29)31-14-21-18-9-3-1-7-16(18)17-8-2-4-10-19(17)21/h1-11,21-22H,12-14H2,(H,26,29)(H,27,28). The fourth-order valence-electron chi connectivity index (χ4n) is 4.50. The highest BCUT2D eigenvalue weighted by Crippen LogP contribution is 2.44. The van der Waals surface area contributed by atoms with Crippen molar-refractivity contribution in [2.45, 2.75) is 18.4 Å². The summed E-state index contributed by atoms with van der Waals surface area (Å²) in [6.07, 6.45) is -0.0506. The van der Waals surface area contributed by atoms with Crippen molar-refractivity contribution in [1.82, 2.24) is 5.32 Å². The Morgan fingerprint density at radius 2 is 1.68 bits per heavy atom. The van der Waals surface area contributed by atoms with Gasteiger partial charge in [-0.15, -0.1) is 0 Å². The third-order valence-electron chi connectivity index (χ3n) is 5.91. The number of carboxylic acids is 1. The van der Waals surface area contributed by atoms with Gasteiger partial charge in [-0.3, -0.25) is 0 Å². The first-order chi connectivity index (χ1) is 15.1. The quantitative estimate of drug-likeness (QED) is 0.650. The van der Waals surface area contributed by atoms with Crippen LogP contribution in [0.4, 0.5) is 4.79 Å². The van der Waals surface area contributed by atoms with Crippen LogP contribution in [-0.2, 0) is 16.0 Å². The van der Waals surface area contributed by atoms with Crippen LogP contribution >= 0.6 is 0 Å². The van der Waals surface area contributed by atoms with E-state index in [2.05, 4.69) is 17.4 Å². The lowest BCUT2D eigenvalue weighted by Crippen LogP contribution is -2.35. The van der Waals surface area contributed by atoms with Gasteiger partial charge in [0.2, 0.25) is 0 Å². The number of amides is 1. The summed E-state index contributed by atoms with van der Waals surface area (Å²) < 4.78 is 11.1. The Bertz CT molecular complexity index is 1130. The maximum Gasteiger partial charge on any atom is 0.408 e. The van der Waals surface area contributed by atoms with Gasteiger partial charge in [-0.2, -0.15) is 0 Å². The highest BCUT2D eigenvalue weighted by atomic mass is 16.5. The van der Waals surface area contributed by atoms with Gasteiger partial charge in [0.1, 0.15) is 12.4 Å². The van der Waals surface area contributed by atoms with Crippen LogP contribution in [0.1, 0.15) is 34.2 Å². The van der Waals surface area contributed by atoms with E-state index in [-0.39, 0.29) is 12.5 Å². The topological polar surface area (TPSA) is 84.9 Å². The number of benzene rings is 3. The summed E-state index contributed by atoms with van der Waals surface area (Å²) in [6.45, 7) is 0.624. The van der Waals surface area contributed by atoms with Crippen molar-refractivity contribution in [3.63, 3.8) is 0 Å². The second-order valence-electron chi connectivity index (χ2n) is 7.68. The Hall–Kier alpha value is -3.80. The number of fused-ring (bicyclic) bond motifs is 4. The molecular weight excluding hydrogens is 394 g/mol. The number of hydrogen-bond donors (Lipinski definition) is 2. The van der Waals surface area contributed by atoms with E-state index in [1.807, 2.05) is 42.5 Å². The van der Waals surface area contributed by atoms with Crippen molar-refractivity contribution in [2.24, 2.45) is 0 Å². The zero-order valence-corrected chi connectivity index (χ0v) is 16.7. The monoisotopic (exact) mass is 415 g/mol. The van der Waals surface area contributed by atoms with E-state index in [4.69, 9.17) is 9.47 Å². The number of para-hydroxylation sites is 1. The minimum Gasteiger partial charge on any atom is -0.493 e. The third kappa shape index (κ3) is 3.40. The SMILES string of the molecule is O=C(NC(C(=O)O)c1cccc2c1OCC2)OCC1c2ccccc2-c2ccccc21. The zero-order valence-electron chi connectivity index (χ0n) is 16.7. The average molecular weight is 415 g/mol. The molecule has 0 spiro atoms. The molecule has 5 rings (SSSR count). The number of aliphatic carboxylic acids is 1. The summed E-state index contributed by atoms with van der Waals surface area (Å²) in [7, 11) is 0. The fourth-order valence-corrected chi connectivity index (χ4v) is 4.50. The molecule has 156 valence electrons. The molecule has 1 amide bonds. The van der Waals surface area contributed by atoms with Crippen LogP contribution in [0, 0.1) is 0 Å². The van der Waals surface area contributed by atoms with Crippen molar-refractivity contribution in [3.8, 4) is 16.9 Å². The highest BCUT2D eigenvalue weighted by molar-refractivity contribution is 5.83. The second kappa shape index (κ2) is 7.80. The second-order valence-corrected chi connectivity index (χ2v) is 7.68. The van der Waals surface area contributed by atoms with Gasteiger partial charge in [0, 0.05) is 17.9 Å². The molecule has 2 N–H and O–H groups in total. The summed E-state index contributed by atoms with van der Waals surface area (Å²) in [5.41, 5.74) is 5.83. The maximum atomic E-state index is 12.6. The number of ether oxygens (including phenoxy) is 2. The summed E-state index contributed by atoms with van der Waals surface area (Å²) in [5, 5.41) is 12.2. The first-order valence-electron chi connectivity index (χ1n) is 10.2. The van der Waals surface area contributed by atoms with Gasteiger partial charge in [0.25, 0.3) is 0 Å². The largest absolute Gasteiger partial charge is 0.493 e. The van der Waals surface area contributed by atoms with Gasteiger partial charge in [-0.1, -0.05) is 66.7 Å². The summed E-state index contributed by atoms with van der Waals surface area (Å²) >= 11 is 0. The molecule has 0 bridgehead atoms. The lowest BCUT2D eigenvalue weighted by molar-refractivity contribution is -0.139. The van der Waals surface area contributed by atoms with Gasteiger partial charge in [-0.05, 0) is 27.8 Å². The first-order valence-corrected chi connectivity index (χ1v) is 10.2. The molecule has 0 radical (unpaired) electrons. The number of carbonyl (C=O) groups is 2. The molecule has 0 saturated heterocycles. The Morgan fingerprint density at radius 1 is 1.00 bits per heavy atom. The number of rotatable bonds is 5. The molecule has 31 heavy (non-hydrogen) atoms. The summed E-state index contributed by atoms with van der Waals surface area (Å²) in [6, 6.07) is 20.2. The van der Waals surface area contributed by atoms with Crippen LogP contribution in [-0.4, -0.2) is 30.4 Å². The van der Waals surface area contributed by atoms with Crippen molar-refractivity contribution >= 4 is 12.1 Å². The number of nitrogens with one attached hydrogen (secondary N) is 1. The van der Waals surface area contributed by atoms with Crippen LogP contribution in [0.5, 0.6) is 5.75 Å². The summed E-state index contributed by atoms with van der Waals surface area (Å²) in [5.74, 6) is -0.725. The smallest absolute Gasteiger partial charge is 0.408 e. The van der Waals surface area contributed by atoms with Crippen molar-refractivity contribution in [3.05, 3.63) is 89.0 Å². The highest BCUT2D eigenvalue weighted by Gasteiger charge is 2.31. The van der Waals surface area contributed by atoms with E-state index in [1.54, 1.807) is 12.1 Å². The van der Waals surface area contributed by atoms with Gasteiger partial charge in [-0.25, -0.2) is 9.59 Å². The van der Waals surface area contributed by atoms with Gasteiger partial charge in [0.15, 0.2) is 6.04 Å². The maximum absolute atomic E-state index is 12.6. The molecule has 2 aliphatic rings. The molecule has 0 aromatic heterocycles. The van der Waals surface area contributed by atoms with E-state index < -0.39 is 18.1 Å². The zero-order chi connectivity index (χ0) is 21.4. The van der Waals surface area contributed by atoms with Gasteiger partial charge in [0.05, 0.1) is 6.61 Å². The molecule has 3 aromatic rings. The normalized spacial score (nSPS) is 14.7. The molecule has 6 heteroatoms. The Kier molecular flexibility index (Phi) is 4.82. The molecule has 1 aliphatic carbocycles. The third-order valence-corrected chi connectivity index (χ3v) is 5.91. The molecule has 1 atom stereocenters. The van der Waals surface area contributed by atoms with E-state index in [9.17, 15) is 14.7 Å². The lowest BCUT2D eigenvalue weighted by Gasteiger charge is -2.19. The Morgan fingerprint density at radius 3 is 2.35 bits per heavy atom. The van der Waals surface area contributed by atoms with Crippen molar-refractivity contribution in [1.29, 1.82) is 0 Å². The van der Waals surface area contributed by atoms with Crippen LogP contribution in [0.15, 0.2) is 66.7 Å². The minimum absolute atomic E-state index is 0.0919. The van der Waals surface area contributed by atoms with E-state index in [0.29, 0.717) is 17.9 Å². The predicted molar refractivity (Wildman–Crippen MR) is 114 cm³/mol. The van der Waals surface area contributed by atoms with E-state index >= 15 is 0 Å². The van der Waals surface area contributed by atoms with E-state index in [1.165, 1.54) is 0 Å². The predicted octanol–water partition coefficient (Wildman–Crippen LogP) is 4.29. The molecule has 0 saturated carbocycles. The number of hydrogen-bond acceptors (Lipinski definition) is 4. The Balaban J connectivity index is 1.33. The average Bonchev–Trinajstić information content (AvgIpc) is 3.39. The van der Waals surface area contributed by atoms with Crippen molar-refractivity contribution < 1.29 is 24.2 Å². The number of carboxylic acid groups (broad SMARTS) is 1. The molecule has 6 nitrogen and oxygen atoms in total. The lowest BCUT2D eigenvalue weighted by atomic mass is 9.98. The number of alkyl carbamates (subject to hydrolysis) is 1. The van der Waals surface area contributed by atoms with E-state index in [0.717, 1.165) is 34.2 Å². The molecule has 3 aromatic carbocycles. The molecule has 1 aliphatic heterocycles.